The van der Waals surface area contributed by atoms with Crippen molar-refractivity contribution in [1.29, 1.82) is 0 Å². The Hall–Kier alpha value is -1.60. The number of rotatable bonds is 7. The van der Waals surface area contributed by atoms with Crippen LogP contribution in [0.4, 0.5) is 0 Å². The first-order valence-corrected chi connectivity index (χ1v) is 9.72. The molecule has 0 radical (unpaired) electrons. The molecule has 1 aromatic heterocycles. The van der Waals surface area contributed by atoms with Gasteiger partial charge < -0.3 is 15.2 Å². The lowest BCUT2D eigenvalue weighted by molar-refractivity contribution is -0.148. The summed E-state index contributed by atoms with van der Waals surface area (Å²) in [6.45, 7) is 5.12. The van der Waals surface area contributed by atoms with Gasteiger partial charge in [0, 0.05) is 34.4 Å². The summed E-state index contributed by atoms with van der Waals surface area (Å²) in [5.41, 5.74) is 4.74. The third-order valence-electron chi connectivity index (χ3n) is 4.30. The zero-order valence-corrected chi connectivity index (χ0v) is 16.3. The average molecular weight is 395 g/mol. The highest BCUT2D eigenvalue weighted by molar-refractivity contribution is 7.11. The highest BCUT2D eigenvalue weighted by Gasteiger charge is 2.39. The molecule has 5 nitrogen and oxygen atoms in total. The van der Waals surface area contributed by atoms with Crippen LogP contribution in [0.15, 0.2) is 36.4 Å². The Balaban J connectivity index is 1.69. The van der Waals surface area contributed by atoms with E-state index in [9.17, 15) is 4.79 Å². The molecule has 2 N–H and O–H groups in total. The topological polar surface area (TPSA) is 64.8 Å². The minimum absolute atomic E-state index is 0.119. The molecule has 0 saturated carbocycles. The monoisotopic (exact) mass is 394 g/mol. The molecule has 1 aliphatic heterocycles. The van der Waals surface area contributed by atoms with Crippen LogP contribution in [0.1, 0.15) is 16.2 Å². The number of aryl methyl sites for hydroxylation is 1. The number of benzene rings is 1. The number of thiophene rings is 1. The lowest BCUT2D eigenvalue weighted by Crippen LogP contribution is -2.56. The fourth-order valence-corrected chi connectivity index (χ4v) is 4.30. The SMILES string of the molecule is Cc1ccc(CN2CCO[C@](COc3cccc(Cl)c3)(CC(N)=O)C2)s1. The van der Waals surface area contributed by atoms with E-state index in [-0.39, 0.29) is 13.0 Å². The van der Waals surface area contributed by atoms with Crippen molar-refractivity contribution in [2.45, 2.75) is 25.5 Å². The smallest absolute Gasteiger partial charge is 0.220 e. The molecule has 0 aliphatic carbocycles. The van der Waals surface area contributed by atoms with Crippen molar-refractivity contribution in [3.05, 3.63) is 51.2 Å². The molecule has 26 heavy (non-hydrogen) atoms. The molecule has 7 heteroatoms. The average Bonchev–Trinajstić information content (AvgIpc) is 2.98. The molecule has 1 aliphatic rings. The molecule has 1 aromatic carbocycles. The second-order valence-corrected chi connectivity index (χ2v) is 8.45. The summed E-state index contributed by atoms with van der Waals surface area (Å²) in [5, 5.41) is 0.603. The van der Waals surface area contributed by atoms with Crippen LogP contribution >= 0.6 is 22.9 Å². The Labute approximate surface area is 162 Å². The van der Waals surface area contributed by atoms with Crippen LogP contribution < -0.4 is 10.5 Å². The maximum absolute atomic E-state index is 11.7. The summed E-state index contributed by atoms with van der Waals surface area (Å²) in [7, 11) is 0. The van der Waals surface area contributed by atoms with E-state index in [1.165, 1.54) is 9.75 Å². The lowest BCUT2D eigenvalue weighted by atomic mass is 9.97. The van der Waals surface area contributed by atoms with Crippen LogP contribution in [0.5, 0.6) is 5.75 Å². The van der Waals surface area contributed by atoms with Crippen molar-refractivity contribution in [2.24, 2.45) is 5.73 Å². The highest BCUT2D eigenvalue weighted by Crippen LogP contribution is 2.27. The number of hydrogen-bond donors (Lipinski definition) is 1. The van der Waals surface area contributed by atoms with Crippen LogP contribution in [-0.2, 0) is 16.1 Å². The second-order valence-electron chi connectivity index (χ2n) is 6.64. The van der Waals surface area contributed by atoms with Crippen LogP contribution in [0.2, 0.25) is 5.02 Å². The van der Waals surface area contributed by atoms with Crippen molar-refractivity contribution >= 4 is 28.8 Å². The quantitative estimate of drug-likeness (QED) is 0.783. The zero-order chi connectivity index (χ0) is 18.6. The van der Waals surface area contributed by atoms with Gasteiger partial charge in [0.05, 0.1) is 13.0 Å². The van der Waals surface area contributed by atoms with Crippen LogP contribution in [-0.4, -0.2) is 42.7 Å². The molecular formula is C19H23ClN2O3S. The van der Waals surface area contributed by atoms with Crippen LogP contribution in [0.3, 0.4) is 0 Å². The lowest BCUT2D eigenvalue weighted by Gasteiger charge is -2.41. The van der Waals surface area contributed by atoms with Crippen molar-refractivity contribution in [3.8, 4) is 5.75 Å². The number of carbonyl (C=O) groups is 1. The normalized spacial score (nSPS) is 20.8. The Morgan fingerprint density at radius 2 is 2.27 bits per heavy atom. The van der Waals surface area contributed by atoms with Gasteiger partial charge in [-0.25, -0.2) is 0 Å². The third kappa shape index (κ3) is 5.20. The summed E-state index contributed by atoms with van der Waals surface area (Å²) in [4.78, 5) is 16.5. The van der Waals surface area contributed by atoms with E-state index in [2.05, 4.69) is 24.0 Å². The summed E-state index contributed by atoms with van der Waals surface area (Å²) in [6.07, 6.45) is 0.119. The van der Waals surface area contributed by atoms with Crippen LogP contribution in [0, 0.1) is 6.92 Å². The van der Waals surface area contributed by atoms with Gasteiger partial charge in [0.15, 0.2) is 0 Å². The summed E-state index contributed by atoms with van der Waals surface area (Å²) in [6, 6.07) is 11.5. The standard InChI is InChI=1S/C19H23ClN2O3S/c1-14-5-6-17(26-14)11-22-7-8-25-19(12-22,10-18(21)23)13-24-16-4-2-3-15(20)9-16/h2-6,9H,7-8,10-13H2,1H3,(H2,21,23)/t19-/m1/s1. The van der Waals surface area contributed by atoms with E-state index in [1.54, 1.807) is 23.5 Å². The predicted octanol–water partition coefficient (Wildman–Crippen LogP) is 3.24. The molecule has 1 fully saturated rings. The van der Waals surface area contributed by atoms with Gasteiger partial charge in [-0.15, -0.1) is 11.3 Å². The van der Waals surface area contributed by atoms with E-state index in [0.717, 1.165) is 13.1 Å². The van der Waals surface area contributed by atoms with E-state index >= 15 is 0 Å². The Morgan fingerprint density at radius 3 is 2.96 bits per heavy atom. The Morgan fingerprint density at radius 1 is 1.42 bits per heavy atom. The van der Waals surface area contributed by atoms with Gasteiger partial charge >= 0.3 is 0 Å². The number of halogens is 1. The predicted molar refractivity (Wildman–Crippen MR) is 104 cm³/mol. The largest absolute Gasteiger partial charge is 0.490 e. The highest BCUT2D eigenvalue weighted by atomic mass is 35.5. The molecule has 0 unspecified atom stereocenters. The number of ether oxygens (including phenoxy) is 2. The first kappa shape index (κ1) is 19.2. The first-order valence-electron chi connectivity index (χ1n) is 8.52. The van der Waals surface area contributed by atoms with E-state index in [4.69, 9.17) is 26.8 Å². The molecule has 3 rings (SSSR count). The number of nitrogens with zero attached hydrogens (tertiary/aromatic N) is 1. The van der Waals surface area contributed by atoms with Crippen molar-refractivity contribution in [2.75, 3.05) is 26.3 Å². The maximum atomic E-state index is 11.7. The molecule has 2 heterocycles. The van der Waals surface area contributed by atoms with Gasteiger partial charge in [0.25, 0.3) is 0 Å². The Kier molecular flexibility index (Phi) is 6.19. The first-order chi connectivity index (χ1) is 12.4. The third-order valence-corrected chi connectivity index (χ3v) is 5.52. The fraction of sp³-hybridized carbons (Fsp3) is 0.421. The van der Waals surface area contributed by atoms with Gasteiger partial charge in [0.1, 0.15) is 18.0 Å². The summed E-state index contributed by atoms with van der Waals surface area (Å²) in [5.74, 6) is 0.254. The fourth-order valence-electron chi connectivity index (χ4n) is 3.18. The zero-order valence-electron chi connectivity index (χ0n) is 14.7. The van der Waals surface area contributed by atoms with Crippen LogP contribution in [0.25, 0.3) is 0 Å². The molecule has 0 bridgehead atoms. The number of morpholine rings is 1. The van der Waals surface area contributed by atoms with E-state index in [1.807, 2.05) is 12.1 Å². The van der Waals surface area contributed by atoms with Gasteiger partial charge in [-0.3, -0.25) is 9.69 Å². The Bertz CT molecular complexity index is 767. The molecule has 140 valence electrons. The van der Waals surface area contributed by atoms with Crippen molar-refractivity contribution < 1.29 is 14.3 Å². The van der Waals surface area contributed by atoms with Gasteiger partial charge in [-0.2, -0.15) is 0 Å². The molecule has 1 atom stereocenters. The van der Waals surface area contributed by atoms with Gasteiger partial charge in [-0.1, -0.05) is 17.7 Å². The maximum Gasteiger partial charge on any atom is 0.220 e. The van der Waals surface area contributed by atoms with Gasteiger partial charge in [0.2, 0.25) is 5.91 Å². The number of primary amides is 1. The number of amides is 1. The minimum atomic E-state index is -0.751. The molecule has 1 amide bonds. The summed E-state index contributed by atoms with van der Waals surface area (Å²) < 4.78 is 11.9. The number of carbonyl (C=O) groups excluding carboxylic acids is 1. The van der Waals surface area contributed by atoms with Crippen molar-refractivity contribution in [3.63, 3.8) is 0 Å². The molecule has 0 spiro atoms. The van der Waals surface area contributed by atoms with E-state index in [0.29, 0.717) is 23.9 Å². The second kappa shape index (κ2) is 8.39. The number of nitrogens with two attached hydrogens (primary N) is 1. The van der Waals surface area contributed by atoms with E-state index < -0.39 is 11.5 Å². The van der Waals surface area contributed by atoms with Gasteiger partial charge in [-0.05, 0) is 37.3 Å². The molecular weight excluding hydrogens is 372 g/mol. The molecule has 2 aromatic rings. The minimum Gasteiger partial charge on any atom is -0.490 e. The number of hydrogen-bond acceptors (Lipinski definition) is 5. The van der Waals surface area contributed by atoms with Crippen molar-refractivity contribution in [1.82, 2.24) is 4.90 Å². The summed E-state index contributed by atoms with van der Waals surface area (Å²) >= 11 is 7.80. The molecule has 1 saturated heterocycles.